The maximum atomic E-state index is 5.84. The second kappa shape index (κ2) is 5.51. The zero-order valence-corrected chi connectivity index (χ0v) is 10.6. The summed E-state index contributed by atoms with van der Waals surface area (Å²) in [7, 11) is 0. The Morgan fingerprint density at radius 2 is 2.39 bits per heavy atom. The van der Waals surface area contributed by atoms with Gasteiger partial charge < -0.3 is 14.7 Å². The molecule has 3 heterocycles. The fraction of sp³-hybridized carbons (Fsp3) is 0.455. The molecule has 98 valence electrons. The summed E-state index contributed by atoms with van der Waals surface area (Å²) in [4.78, 5) is 6.50. The zero-order valence-electron chi connectivity index (χ0n) is 9.78. The maximum Gasteiger partial charge on any atom is 0.241 e. The van der Waals surface area contributed by atoms with Gasteiger partial charge >= 0.3 is 0 Å². The molecule has 0 aliphatic carbocycles. The first kappa shape index (κ1) is 13.1. The van der Waals surface area contributed by atoms with E-state index in [1.165, 1.54) is 0 Å². The van der Waals surface area contributed by atoms with Gasteiger partial charge in [-0.05, 0) is 18.6 Å². The summed E-state index contributed by atoms with van der Waals surface area (Å²) in [5.74, 6) is 1.72. The van der Waals surface area contributed by atoms with Crippen LogP contribution in [-0.2, 0) is 6.54 Å². The van der Waals surface area contributed by atoms with E-state index in [0.29, 0.717) is 24.0 Å². The predicted octanol–water partition coefficient (Wildman–Crippen LogP) is 1.28. The van der Waals surface area contributed by atoms with Crippen molar-refractivity contribution in [3.05, 3.63) is 24.3 Å². The van der Waals surface area contributed by atoms with E-state index in [-0.39, 0.29) is 18.4 Å². The van der Waals surface area contributed by atoms with Gasteiger partial charge in [0.2, 0.25) is 11.7 Å². The molecule has 0 radical (unpaired) electrons. The minimum Gasteiger partial charge on any atom is -0.461 e. The monoisotopic (exact) mass is 270 g/mol. The molecule has 1 aliphatic heterocycles. The largest absolute Gasteiger partial charge is 0.461 e. The van der Waals surface area contributed by atoms with E-state index in [1.807, 2.05) is 0 Å². The summed E-state index contributed by atoms with van der Waals surface area (Å²) >= 11 is 0. The summed E-state index contributed by atoms with van der Waals surface area (Å²) < 4.78 is 10.4. The minimum atomic E-state index is 0. The molecule has 3 rings (SSSR count). The molecular formula is C11H15ClN4O2. The lowest BCUT2D eigenvalue weighted by Crippen LogP contribution is -2.26. The molecule has 2 aromatic rings. The average molecular weight is 271 g/mol. The number of rotatable bonds is 3. The third kappa shape index (κ3) is 2.72. The Morgan fingerprint density at radius 3 is 3.06 bits per heavy atom. The highest BCUT2D eigenvalue weighted by molar-refractivity contribution is 5.85. The lowest BCUT2D eigenvalue weighted by Gasteiger charge is -2.10. The maximum absolute atomic E-state index is 5.84. The third-order valence-corrected chi connectivity index (χ3v) is 2.88. The second-order valence-electron chi connectivity index (χ2n) is 4.27. The Hall–Kier alpha value is -1.37. The number of nitrogens with zero attached hydrogens (tertiary/aromatic N) is 3. The van der Waals surface area contributed by atoms with Crippen molar-refractivity contribution in [1.82, 2.24) is 15.0 Å². The molecule has 0 amide bonds. The van der Waals surface area contributed by atoms with Gasteiger partial charge in [0.05, 0.1) is 12.8 Å². The van der Waals surface area contributed by atoms with E-state index in [9.17, 15) is 0 Å². The molecule has 1 fully saturated rings. The van der Waals surface area contributed by atoms with Crippen LogP contribution in [0.5, 0.6) is 0 Å². The van der Waals surface area contributed by atoms with Crippen molar-refractivity contribution in [2.75, 3.05) is 13.1 Å². The van der Waals surface area contributed by atoms with Crippen LogP contribution in [0.3, 0.4) is 0 Å². The molecule has 1 unspecified atom stereocenters. The lowest BCUT2D eigenvalue weighted by molar-refractivity contribution is 0.265. The van der Waals surface area contributed by atoms with E-state index >= 15 is 0 Å². The number of likely N-dealkylation sites (tertiary alicyclic amines) is 1. The summed E-state index contributed by atoms with van der Waals surface area (Å²) in [6.07, 6.45) is 2.62. The standard InChI is InChI=1S/C11H14N4O2.ClH/c12-8-3-4-15(6-8)7-10-13-11(14-17-10)9-2-1-5-16-9;/h1-2,5,8H,3-4,6-7,12H2;1H. The minimum absolute atomic E-state index is 0. The Morgan fingerprint density at radius 1 is 1.50 bits per heavy atom. The Bertz CT molecular complexity index is 485. The van der Waals surface area contributed by atoms with Gasteiger partial charge in [0.1, 0.15) is 0 Å². The summed E-state index contributed by atoms with van der Waals surface area (Å²) in [5.41, 5.74) is 5.84. The molecule has 2 aromatic heterocycles. The van der Waals surface area contributed by atoms with Crippen molar-refractivity contribution in [3.8, 4) is 11.6 Å². The predicted molar refractivity (Wildman–Crippen MR) is 67.1 cm³/mol. The molecule has 0 saturated carbocycles. The van der Waals surface area contributed by atoms with Gasteiger partial charge in [0.25, 0.3) is 0 Å². The SMILES string of the molecule is Cl.NC1CCN(Cc2nc(-c3ccco3)no2)C1. The van der Waals surface area contributed by atoms with Crippen LogP contribution in [0.1, 0.15) is 12.3 Å². The Labute approximate surface area is 111 Å². The number of furan rings is 1. The van der Waals surface area contributed by atoms with Crippen molar-refractivity contribution in [2.24, 2.45) is 5.73 Å². The first-order valence-corrected chi connectivity index (χ1v) is 5.65. The number of aromatic nitrogens is 2. The Kier molecular flexibility index (Phi) is 4.00. The van der Waals surface area contributed by atoms with Crippen LogP contribution in [0.15, 0.2) is 27.3 Å². The Balaban J connectivity index is 0.00000120. The van der Waals surface area contributed by atoms with Crippen LogP contribution in [0, 0.1) is 0 Å². The van der Waals surface area contributed by atoms with Crippen LogP contribution < -0.4 is 5.73 Å². The lowest BCUT2D eigenvalue weighted by atomic mass is 10.3. The third-order valence-electron chi connectivity index (χ3n) is 2.88. The number of halogens is 1. The van der Waals surface area contributed by atoms with Gasteiger partial charge in [0.15, 0.2) is 5.76 Å². The van der Waals surface area contributed by atoms with Crippen molar-refractivity contribution in [2.45, 2.75) is 19.0 Å². The van der Waals surface area contributed by atoms with E-state index in [0.717, 1.165) is 19.5 Å². The molecule has 6 nitrogen and oxygen atoms in total. The number of nitrogens with two attached hydrogens (primary N) is 1. The summed E-state index contributed by atoms with van der Waals surface area (Å²) in [5, 5.41) is 3.88. The van der Waals surface area contributed by atoms with Crippen LogP contribution >= 0.6 is 12.4 Å². The van der Waals surface area contributed by atoms with Crippen molar-refractivity contribution >= 4 is 12.4 Å². The van der Waals surface area contributed by atoms with Crippen molar-refractivity contribution in [3.63, 3.8) is 0 Å². The fourth-order valence-electron chi connectivity index (χ4n) is 2.02. The van der Waals surface area contributed by atoms with Gasteiger partial charge in [-0.15, -0.1) is 12.4 Å². The summed E-state index contributed by atoms with van der Waals surface area (Å²) in [6, 6.07) is 3.87. The first-order chi connectivity index (χ1) is 8.31. The number of hydrogen-bond acceptors (Lipinski definition) is 6. The first-order valence-electron chi connectivity index (χ1n) is 5.65. The summed E-state index contributed by atoms with van der Waals surface area (Å²) in [6.45, 7) is 2.53. The van der Waals surface area contributed by atoms with Gasteiger partial charge in [-0.1, -0.05) is 5.16 Å². The molecule has 18 heavy (non-hydrogen) atoms. The van der Waals surface area contributed by atoms with Gasteiger partial charge in [-0.25, -0.2) is 0 Å². The normalized spacial score (nSPS) is 19.9. The fourth-order valence-corrected chi connectivity index (χ4v) is 2.02. The molecule has 0 bridgehead atoms. The van der Waals surface area contributed by atoms with Crippen molar-refractivity contribution < 1.29 is 8.94 Å². The smallest absolute Gasteiger partial charge is 0.241 e. The quantitative estimate of drug-likeness (QED) is 0.905. The topological polar surface area (TPSA) is 81.3 Å². The van der Waals surface area contributed by atoms with E-state index < -0.39 is 0 Å². The van der Waals surface area contributed by atoms with Crippen molar-refractivity contribution in [1.29, 1.82) is 0 Å². The van der Waals surface area contributed by atoms with Gasteiger partial charge in [-0.3, -0.25) is 4.90 Å². The van der Waals surface area contributed by atoms with Crippen LogP contribution in [0.2, 0.25) is 0 Å². The van der Waals surface area contributed by atoms with Crippen LogP contribution in [0.25, 0.3) is 11.6 Å². The number of hydrogen-bond donors (Lipinski definition) is 1. The second-order valence-corrected chi connectivity index (χ2v) is 4.27. The molecule has 1 aliphatic rings. The zero-order chi connectivity index (χ0) is 11.7. The molecule has 0 spiro atoms. The molecule has 2 N–H and O–H groups in total. The molecule has 1 atom stereocenters. The van der Waals surface area contributed by atoms with Gasteiger partial charge in [-0.2, -0.15) is 4.98 Å². The van der Waals surface area contributed by atoms with E-state index in [1.54, 1.807) is 18.4 Å². The van der Waals surface area contributed by atoms with E-state index in [2.05, 4.69) is 15.0 Å². The van der Waals surface area contributed by atoms with Crippen LogP contribution in [0.4, 0.5) is 0 Å². The highest BCUT2D eigenvalue weighted by Crippen LogP contribution is 2.17. The highest BCUT2D eigenvalue weighted by Gasteiger charge is 2.21. The molecule has 1 saturated heterocycles. The molecule has 7 heteroatoms. The highest BCUT2D eigenvalue weighted by atomic mass is 35.5. The van der Waals surface area contributed by atoms with Crippen LogP contribution in [-0.4, -0.2) is 34.2 Å². The van der Waals surface area contributed by atoms with Gasteiger partial charge in [0, 0.05) is 19.1 Å². The van der Waals surface area contributed by atoms with E-state index in [4.69, 9.17) is 14.7 Å². The molecule has 0 aromatic carbocycles. The molecular weight excluding hydrogens is 256 g/mol. The average Bonchev–Trinajstić information content (AvgIpc) is 3.00.